The third kappa shape index (κ3) is 4.59. The fraction of sp³-hybridized carbons (Fsp3) is 0.263. The molecule has 26 heavy (non-hydrogen) atoms. The molecule has 2 aromatic carbocycles. The van der Waals surface area contributed by atoms with Gasteiger partial charge < -0.3 is 14.0 Å². The molecule has 0 amide bonds. The third-order valence-corrected chi connectivity index (χ3v) is 5.38. The van der Waals surface area contributed by atoms with Crippen molar-refractivity contribution in [2.24, 2.45) is 0 Å². The minimum atomic E-state index is 0.347. The highest BCUT2D eigenvalue weighted by molar-refractivity contribution is 9.10. The molecule has 0 unspecified atom stereocenters. The van der Waals surface area contributed by atoms with E-state index in [-0.39, 0.29) is 0 Å². The van der Waals surface area contributed by atoms with E-state index in [1.54, 1.807) is 18.9 Å². The molecule has 5 nitrogen and oxygen atoms in total. The summed E-state index contributed by atoms with van der Waals surface area (Å²) in [5, 5.41) is 9.53. The van der Waals surface area contributed by atoms with Crippen LogP contribution in [0.2, 0.25) is 0 Å². The highest BCUT2D eigenvalue weighted by Crippen LogP contribution is 2.27. The number of hydrogen-bond acceptors (Lipinski definition) is 5. The van der Waals surface area contributed by atoms with Gasteiger partial charge >= 0.3 is 0 Å². The van der Waals surface area contributed by atoms with Crippen LogP contribution in [0, 0.1) is 0 Å². The lowest BCUT2D eigenvalue weighted by atomic mass is 10.2. The predicted octanol–water partition coefficient (Wildman–Crippen LogP) is 4.94. The first-order chi connectivity index (χ1) is 12.7. The van der Waals surface area contributed by atoms with Gasteiger partial charge in [-0.15, -0.1) is 10.2 Å². The van der Waals surface area contributed by atoms with E-state index in [1.165, 1.54) is 5.56 Å². The number of nitrogens with zero attached hydrogens (tertiary/aromatic N) is 3. The van der Waals surface area contributed by atoms with Crippen LogP contribution in [0.3, 0.4) is 0 Å². The summed E-state index contributed by atoms with van der Waals surface area (Å²) in [6.07, 6.45) is 0. The maximum Gasteiger partial charge on any atom is 0.191 e. The number of benzene rings is 2. The Hall–Kier alpha value is -1.99. The van der Waals surface area contributed by atoms with E-state index in [9.17, 15) is 0 Å². The summed E-state index contributed by atoms with van der Waals surface area (Å²) in [6.45, 7) is 3.22. The molecule has 1 heterocycles. The number of ether oxygens (including phenoxy) is 2. The molecule has 3 rings (SSSR count). The van der Waals surface area contributed by atoms with E-state index in [0.29, 0.717) is 18.1 Å². The van der Waals surface area contributed by atoms with Crippen molar-refractivity contribution in [3.63, 3.8) is 0 Å². The second-order valence-electron chi connectivity index (χ2n) is 5.50. The van der Waals surface area contributed by atoms with E-state index >= 15 is 0 Å². The van der Waals surface area contributed by atoms with Crippen molar-refractivity contribution in [1.82, 2.24) is 14.8 Å². The normalized spacial score (nSPS) is 10.7. The first-order valence-corrected chi connectivity index (χ1v) is 10.0. The van der Waals surface area contributed by atoms with Gasteiger partial charge in [-0.25, -0.2) is 0 Å². The summed E-state index contributed by atoms with van der Waals surface area (Å²) in [5.41, 5.74) is 1.25. The molecule has 0 fully saturated rings. The largest absolute Gasteiger partial charge is 0.493 e. The average Bonchev–Trinajstić information content (AvgIpc) is 3.08. The highest BCUT2D eigenvalue weighted by atomic mass is 79.9. The minimum absolute atomic E-state index is 0.347. The molecule has 1 aromatic heterocycles. The first kappa shape index (κ1) is 18.8. The SMILES string of the molecule is CCn1c(COc2ccccc2OC)nnc1SCc1ccc(Br)cc1. The molecule has 0 aliphatic rings. The Morgan fingerprint density at radius 1 is 1.04 bits per heavy atom. The molecule has 0 spiro atoms. The van der Waals surface area contributed by atoms with Crippen LogP contribution in [0.4, 0.5) is 0 Å². The van der Waals surface area contributed by atoms with Crippen LogP contribution in [-0.2, 0) is 18.9 Å². The van der Waals surface area contributed by atoms with Crippen LogP contribution in [0.15, 0.2) is 58.2 Å². The second kappa shape index (κ2) is 9.09. The van der Waals surface area contributed by atoms with Gasteiger partial charge in [0.2, 0.25) is 0 Å². The van der Waals surface area contributed by atoms with Gasteiger partial charge in [-0.1, -0.05) is 52.0 Å². The fourth-order valence-corrected chi connectivity index (χ4v) is 3.70. The van der Waals surface area contributed by atoms with Gasteiger partial charge in [0.05, 0.1) is 7.11 Å². The third-order valence-electron chi connectivity index (χ3n) is 3.82. The standard InChI is InChI=1S/C19H20BrN3O2S/c1-3-23-18(12-25-17-7-5-4-6-16(17)24-2)21-22-19(23)26-13-14-8-10-15(20)11-9-14/h4-11H,3,12-13H2,1-2H3. The zero-order chi connectivity index (χ0) is 18.4. The highest BCUT2D eigenvalue weighted by Gasteiger charge is 2.13. The van der Waals surface area contributed by atoms with Crippen LogP contribution in [0.25, 0.3) is 0 Å². The maximum atomic E-state index is 5.88. The van der Waals surface area contributed by atoms with Crippen molar-refractivity contribution >= 4 is 27.7 Å². The molecule has 0 bridgehead atoms. The summed E-state index contributed by atoms with van der Waals surface area (Å²) in [4.78, 5) is 0. The Kier molecular flexibility index (Phi) is 6.57. The molecule has 136 valence electrons. The molecule has 3 aromatic rings. The number of methoxy groups -OCH3 is 1. The number of thioether (sulfide) groups is 1. The summed E-state index contributed by atoms with van der Waals surface area (Å²) < 4.78 is 14.4. The summed E-state index contributed by atoms with van der Waals surface area (Å²) in [6, 6.07) is 15.9. The van der Waals surface area contributed by atoms with Crippen molar-refractivity contribution in [3.05, 3.63) is 64.4 Å². The molecule has 0 atom stereocenters. The molecular weight excluding hydrogens is 414 g/mol. The Labute approximate surface area is 165 Å². The lowest BCUT2D eigenvalue weighted by Gasteiger charge is -2.11. The molecule has 0 aliphatic heterocycles. The van der Waals surface area contributed by atoms with E-state index in [2.05, 4.69) is 49.8 Å². The van der Waals surface area contributed by atoms with Gasteiger partial charge in [-0.3, -0.25) is 0 Å². The topological polar surface area (TPSA) is 49.2 Å². The van der Waals surface area contributed by atoms with E-state index in [1.807, 2.05) is 36.4 Å². The van der Waals surface area contributed by atoms with Crippen LogP contribution in [0.5, 0.6) is 11.5 Å². The van der Waals surface area contributed by atoms with Crippen molar-refractivity contribution in [2.45, 2.75) is 31.0 Å². The summed E-state index contributed by atoms with van der Waals surface area (Å²) >= 11 is 5.13. The maximum absolute atomic E-state index is 5.88. The van der Waals surface area contributed by atoms with Gasteiger partial charge in [0, 0.05) is 16.8 Å². The zero-order valence-electron chi connectivity index (χ0n) is 14.7. The Morgan fingerprint density at radius 2 is 1.77 bits per heavy atom. The van der Waals surface area contributed by atoms with Crippen LogP contribution in [-0.4, -0.2) is 21.9 Å². The molecule has 0 N–H and O–H groups in total. The van der Waals surface area contributed by atoms with Crippen LogP contribution in [0.1, 0.15) is 18.3 Å². The molecule has 0 saturated carbocycles. The lowest BCUT2D eigenvalue weighted by molar-refractivity contribution is 0.270. The minimum Gasteiger partial charge on any atom is -0.493 e. The molecule has 7 heteroatoms. The number of para-hydroxylation sites is 2. The first-order valence-electron chi connectivity index (χ1n) is 8.26. The van der Waals surface area contributed by atoms with E-state index < -0.39 is 0 Å². The second-order valence-corrected chi connectivity index (χ2v) is 7.36. The van der Waals surface area contributed by atoms with Gasteiger partial charge in [0.15, 0.2) is 22.5 Å². The molecule has 0 saturated heterocycles. The Morgan fingerprint density at radius 3 is 2.46 bits per heavy atom. The van der Waals surface area contributed by atoms with Crippen molar-refractivity contribution < 1.29 is 9.47 Å². The molecule has 0 radical (unpaired) electrons. The monoisotopic (exact) mass is 433 g/mol. The van der Waals surface area contributed by atoms with Crippen molar-refractivity contribution in [1.29, 1.82) is 0 Å². The Balaban J connectivity index is 1.66. The van der Waals surface area contributed by atoms with Crippen molar-refractivity contribution in [3.8, 4) is 11.5 Å². The van der Waals surface area contributed by atoms with Gasteiger partial charge in [0.1, 0.15) is 6.61 Å². The van der Waals surface area contributed by atoms with Gasteiger partial charge in [-0.2, -0.15) is 0 Å². The Bertz CT molecular complexity index is 852. The lowest BCUT2D eigenvalue weighted by Crippen LogP contribution is -2.07. The number of aromatic nitrogens is 3. The van der Waals surface area contributed by atoms with Crippen LogP contribution >= 0.6 is 27.7 Å². The van der Waals surface area contributed by atoms with Gasteiger partial charge in [0.25, 0.3) is 0 Å². The zero-order valence-corrected chi connectivity index (χ0v) is 17.1. The average molecular weight is 434 g/mol. The van der Waals surface area contributed by atoms with Crippen molar-refractivity contribution in [2.75, 3.05) is 7.11 Å². The fourth-order valence-electron chi connectivity index (χ4n) is 2.46. The number of halogens is 1. The van der Waals surface area contributed by atoms with Crippen LogP contribution < -0.4 is 9.47 Å². The summed E-state index contributed by atoms with van der Waals surface area (Å²) in [5.74, 6) is 3.06. The predicted molar refractivity (Wildman–Crippen MR) is 107 cm³/mol. The molecular formula is C19H20BrN3O2S. The van der Waals surface area contributed by atoms with Gasteiger partial charge in [-0.05, 0) is 36.8 Å². The number of hydrogen-bond donors (Lipinski definition) is 0. The quantitative estimate of drug-likeness (QED) is 0.470. The van der Waals surface area contributed by atoms with E-state index in [0.717, 1.165) is 27.8 Å². The van der Waals surface area contributed by atoms with E-state index in [4.69, 9.17) is 9.47 Å². The summed E-state index contributed by atoms with van der Waals surface area (Å²) in [7, 11) is 1.63. The molecule has 0 aliphatic carbocycles. The smallest absolute Gasteiger partial charge is 0.191 e. The number of rotatable bonds is 8.